The Morgan fingerprint density at radius 3 is 2.68 bits per heavy atom. The lowest BCUT2D eigenvalue weighted by molar-refractivity contribution is -0.132. The average molecular weight is 265 g/mol. The van der Waals surface area contributed by atoms with Crippen molar-refractivity contribution in [1.82, 2.24) is 14.7 Å². The topological polar surface area (TPSA) is 92.5 Å². The van der Waals surface area contributed by atoms with Gasteiger partial charge in [-0.25, -0.2) is 9.48 Å². The molecule has 1 saturated carbocycles. The largest absolute Gasteiger partial charge is 0.476 e. The number of carboxylic acid groups (broad SMARTS) is 1. The molecule has 0 aliphatic heterocycles. The Morgan fingerprint density at radius 2 is 2.16 bits per heavy atom. The van der Waals surface area contributed by atoms with Gasteiger partial charge in [0.05, 0.1) is 0 Å². The highest BCUT2D eigenvalue weighted by atomic mass is 16.4. The Balaban J connectivity index is 2.17. The molecule has 1 aliphatic rings. The third-order valence-corrected chi connectivity index (χ3v) is 3.02. The van der Waals surface area contributed by atoms with Gasteiger partial charge in [-0.1, -0.05) is 0 Å². The van der Waals surface area contributed by atoms with Gasteiger partial charge in [0.15, 0.2) is 5.69 Å². The average Bonchev–Trinajstić information content (AvgIpc) is 3.17. The summed E-state index contributed by atoms with van der Waals surface area (Å²) in [7, 11) is 0. The highest BCUT2D eigenvalue weighted by molar-refractivity contribution is 5.85. The van der Waals surface area contributed by atoms with E-state index in [-0.39, 0.29) is 24.2 Å². The van der Waals surface area contributed by atoms with Crippen LogP contribution in [0.4, 0.5) is 0 Å². The molecule has 0 saturated heterocycles. The minimum Gasteiger partial charge on any atom is -0.476 e. The number of likely N-dealkylation sites (N-methyl/N-ethyl adjacent to an activating group) is 1. The van der Waals surface area contributed by atoms with Crippen LogP contribution in [0.3, 0.4) is 0 Å². The van der Waals surface area contributed by atoms with Crippen LogP contribution in [0.25, 0.3) is 0 Å². The second-order valence-corrected chi connectivity index (χ2v) is 4.43. The summed E-state index contributed by atoms with van der Waals surface area (Å²) in [6.45, 7) is 2.24. The fourth-order valence-corrected chi connectivity index (χ4v) is 1.92. The van der Waals surface area contributed by atoms with Crippen LogP contribution < -0.4 is 5.56 Å². The number of aromatic carboxylic acids is 1. The fourth-order valence-electron chi connectivity index (χ4n) is 1.92. The quantitative estimate of drug-likeness (QED) is 0.806. The Kier molecular flexibility index (Phi) is 3.64. The maximum absolute atomic E-state index is 12.0. The van der Waals surface area contributed by atoms with Crippen molar-refractivity contribution in [2.75, 3.05) is 6.54 Å². The number of carbonyl (C=O) groups excluding carboxylic acids is 1. The molecule has 0 aromatic carbocycles. The van der Waals surface area contributed by atoms with E-state index >= 15 is 0 Å². The molecule has 1 N–H and O–H groups in total. The zero-order chi connectivity index (χ0) is 14.0. The third kappa shape index (κ3) is 2.98. The third-order valence-electron chi connectivity index (χ3n) is 3.02. The highest BCUT2D eigenvalue weighted by Crippen LogP contribution is 2.26. The van der Waals surface area contributed by atoms with Gasteiger partial charge in [0.2, 0.25) is 5.91 Å². The molecule has 1 aliphatic carbocycles. The predicted octanol–water partition coefficient (Wildman–Crippen LogP) is -0.0476. The van der Waals surface area contributed by atoms with E-state index < -0.39 is 11.5 Å². The van der Waals surface area contributed by atoms with Gasteiger partial charge in [0, 0.05) is 18.7 Å². The molecule has 1 amide bonds. The molecule has 0 unspecified atom stereocenters. The van der Waals surface area contributed by atoms with Crippen LogP contribution in [0.2, 0.25) is 0 Å². The second kappa shape index (κ2) is 5.21. The maximum atomic E-state index is 12.0. The first-order chi connectivity index (χ1) is 9.02. The van der Waals surface area contributed by atoms with E-state index in [0.717, 1.165) is 29.7 Å². The Hall–Kier alpha value is -2.18. The number of carboxylic acids is 1. The van der Waals surface area contributed by atoms with Gasteiger partial charge in [-0.3, -0.25) is 9.59 Å². The number of amides is 1. The molecule has 1 heterocycles. The van der Waals surface area contributed by atoms with Gasteiger partial charge in [-0.05, 0) is 25.8 Å². The van der Waals surface area contributed by atoms with Gasteiger partial charge in [0.1, 0.15) is 6.54 Å². The molecule has 0 bridgehead atoms. The smallest absolute Gasteiger partial charge is 0.356 e. The molecule has 7 heteroatoms. The number of carbonyl (C=O) groups is 2. The Bertz CT molecular complexity index is 562. The summed E-state index contributed by atoms with van der Waals surface area (Å²) in [6, 6.07) is 2.50. The van der Waals surface area contributed by atoms with E-state index in [9.17, 15) is 14.4 Å². The maximum Gasteiger partial charge on any atom is 0.356 e. The van der Waals surface area contributed by atoms with Crippen LogP contribution >= 0.6 is 0 Å². The first-order valence-corrected chi connectivity index (χ1v) is 6.14. The van der Waals surface area contributed by atoms with Crippen molar-refractivity contribution < 1.29 is 14.7 Å². The zero-order valence-electron chi connectivity index (χ0n) is 10.6. The number of hydrogen-bond acceptors (Lipinski definition) is 4. The molecule has 2 rings (SSSR count). The molecule has 7 nitrogen and oxygen atoms in total. The van der Waals surface area contributed by atoms with Crippen molar-refractivity contribution >= 4 is 11.9 Å². The van der Waals surface area contributed by atoms with Crippen molar-refractivity contribution in [1.29, 1.82) is 0 Å². The molecule has 0 atom stereocenters. The van der Waals surface area contributed by atoms with Gasteiger partial charge < -0.3 is 10.0 Å². The van der Waals surface area contributed by atoms with E-state index in [0.29, 0.717) is 6.54 Å². The molecule has 1 aromatic rings. The zero-order valence-corrected chi connectivity index (χ0v) is 10.6. The van der Waals surface area contributed by atoms with E-state index in [1.165, 1.54) is 0 Å². The Labute approximate surface area is 109 Å². The molecule has 102 valence electrons. The molecule has 1 fully saturated rings. The molecule has 0 spiro atoms. The second-order valence-electron chi connectivity index (χ2n) is 4.43. The van der Waals surface area contributed by atoms with Crippen molar-refractivity contribution in [3.8, 4) is 0 Å². The normalized spacial score (nSPS) is 14.2. The first-order valence-electron chi connectivity index (χ1n) is 6.14. The van der Waals surface area contributed by atoms with Crippen molar-refractivity contribution in [3.05, 3.63) is 28.2 Å². The summed E-state index contributed by atoms with van der Waals surface area (Å²) >= 11 is 0. The number of hydrogen-bond donors (Lipinski definition) is 1. The lowest BCUT2D eigenvalue weighted by atomic mass is 10.4. The number of aromatic nitrogens is 2. The van der Waals surface area contributed by atoms with Crippen molar-refractivity contribution in [2.24, 2.45) is 0 Å². The number of rotatable bonds is 5. The van der Waals surface area contributed by atoms with Crippen LogP contribution in [0, 0.1) is 0 Å². The van der Waals surface area contributed by atoms with Gasteiger partial charge in [0.25, 0.3) is 5.56 Å². The van der Waals surface area contributed by atoms with Gasteiger partial charge >= 0.3 is 5.97 Å². The minimum absolute atomic E-state index is 0.206. The minimum atomic E-state index is -1.23. The number of nitrogens with zero attached hydrogens (tertiary/aromatic N) is 3. The lowest BCUT2D eigenvalue weighted by Crippen LogP contribution is -2.38. The summed E-state index contributed by atoms with van der Waals surface area (Å²) in [5.41, 5.74) is -0.730. The van der Waals surface area contributed by atoms with Gasteiger partial charge in [-0.15, -0.1) is 0 Å². The molecule has 19 heavy (non-hydrogen) atoms. The van der Waals surface area contributed by atoms with E-state index in [4.69, 9.17) is 5.11 Å². The van der Waals surface area contributed by atoms with Crippen LogP contribution in [-0.4, -0.2) is 44.3 Å². The molecule has 0 radical (unpaired) electrons. The summed E-state index contributed by atoms with van der Waals surface area (Å²) in [5.74, 6) is -1.43. The van der Waals surface area contributed by atoms with E-state index in [1.807, 2.05) is 6.92 Å². The fraction of sp³-hybridized carbons (Fsp3) is 0.500. The van der Waals surface area contributed by atoms with Crippen LogP contribution in [0.1, 0.15) is 30.3 Å². The summed E-state index contributed by atoms with van der Waals surface area (Å²) in [5, 5.41) is 12.5. The summed E-state index contributed by atoms with van der Waals surface area (Å²) in [6.07, 6.45) is 1.97. The highest BCUT2D eigenvalue weighted by Gasteiger charge is 2.31. The van der Waals surface area contributed by atoms with Gasteiger partial charge in [-0.2, -0.15) is 5.10 Å². The van der Waals surface area contributed by atoms with Crippen molar-refractivity contribution in [2.45, 2.75) is 32.4 Å². The van der Waals surface area contributed by atoms with Crippen LogP contribution in [0.15, 0.2) is 16.9 Å². The summed E-state index contributed by atoms with van der Waals surface area (Å²) < 4.78 is 0.900. The van der Waals surface area contributed by atoms with E-state index in [2.05, 4.69) is 5.10 Å². The Morgan fingerprint density at radius 1 is 1.47 bits per heavy atom. The summed E-state index contributed by atoms with van der Waals surface area (Å²) in [4.78, 5) is 36.1. The predicted molar refractivity (Wildman–Crippen MR) is 65.9 cm³/mol. The molecular weight excluding hydrogens is 250 g/mol. The SMILES string of the molecule is CCN(C(=O)Cn1nc(C(=O)O)ccc1=O)C1CC1. The lowest BCUT2D eigenvalue weighted by Gasteiger charge is -2.20. The van der Waals surface area contributed by atoms with Crippen molar-refractivity contribution in [3.63, 3.8) is 0 Å². The monoisotopic (exact) mass is 265 g/mol. The molecular formula is C12H15N3O4. The van der Waals surface area contributed by atoms with Crippen LogP contribution in [-0.2, 0) is 11.3 Å². The standard InChI is InChI=1S/C12H15N3O4/c1-2-14(8-3-4-8)11(17)7-15-10(16)6-5-9(13-15)12(18)19/h5-6,8H,2-4,7H2,1H3,(H,18,19). The first kappa shape index (κ1) is 13.3. The molecule has 1 aromatic heterocycles. The van der Waals surface area contributed by atoms with Crippen LogP contribution in [0.5, 0.6) is 0 Å². The van der Waals surface area contributed by atoms with E-state index in [1.54, 1.807) is 4.90 Å².